The Hall–Kier alpha value is -3.14. The van der Waals surface area contributed by atoms with Gasteiger partial charge in [0.25, 0.3) is 0 Å². The Bertz CT molecular complexity index is 1710. The Labute approximate surface area is 284 Å². The number of pyridine rings is 2. The molecule has 1 aliphatic carbocycles. The molecule has 241 valence electrons. The molecule has 0 atom stereocenters. The van der Waals surface area contributed by atoms with Gasteiger partial charge in [0.15, 0.2) is 5.78 Å². The Balaban J connectivity index is 0.000000338. The van der Waals surface area contributed by atoms with E-state index >= 15 is 0 Å². The number of carbonyl (C=O) groups is 1. The van der Waals surface area contributed by atoms with Crippen LogP contribution in [0.3, 0.4) is 0 Å². The third-order valence-corrected chi connectivity index (χ3v) is 8.18. The minimum Gasteiger partial charge on any atom is -0.512 e. The molecule has 2 heterocycles. The van der Waals surface area contributed by atoms with Crippen molar-refractivity contribution in [3.05, 3.63) is 95.1 Å². The Morgan fingerprint density at radius 2 is 1.49 bits per heavy atom. The van der Waals surface area contributed by atoms with Gasteiger partial charge in [-0.1, -0.05) is 111 Å². The Kier molecular flexibility index (Phi) is 11.1. The molecule has 0 fully saturated rings. The van der Waals surface area contributed by atoms with Crippen molar-refractivity contribution in [2.24, 2.45) is 10.8 Å². The maximum Gasteiger partial charge on any atom is 0.164 e. The molecule has 0 amide bonds. The van der Waals surface area contributed by atoms with E-state index in [0.29, 0.717) is 5.92 Å². The molecule has 1 N–H and O–H groups in total. The van der Waals surface area contributed by atoms with E-state index in [1.54, 1.807) is 0 Å². The van der Waals surface area contributed by atoms with Crippen LogP contribution in [-0.4, -0.2) is 20.9 Å². The smallest absolute Gasteiger partial charge is 0.164 e. The van der Waals surface area contributed by atoms with Gasteiger partial charge < -0.3 is 5.11 Å². The minimum absolute atomic E-state index is 0. The van der Waals surface area contributed by atoms with E-state index in [4.69, 9.17) is 9.97 Å². The number of aromatic nitrogens is 2. The van der Waals surface area contributed by atoms with Gasteiger partial charge in [-0.3, -0.25) is 14.8 Å². The average Bonchev–Trinajstić information content (AvgIpc) is 2.94. The predicted molar refractivity (Wildman–Crippen MR) is 184 cm³/mol. The third-order valence-electron chi connectivity index (χ3n) is 8.18. The molecule has 2 aromatic carbocycles. The first-order chi connectivity index (χ1) is 20.4. The van der Waals surface area contributed by atoms with Gasteiger partial charge in [0.1, 0.15) is 5.76 Å². The van der Waals surface area contributed by atoms with Gasteiger partial charge in [-0.25, -0.2) is 0 Å². The molecule has 5 rings (SSSR count). The summed E-state index contributed by atoms with van der Waals surface area (Å²) in [5, 5.41) is 12.0. The molecule has 0 saturated carbocycles. The van der Waals surface area contributed by atoms with Gasteiger partial charge in [-0.2, -0.15) is 0 Å². The van der Waals surface area contributed by atoms with E-state index in [2.05, 4.69) is 95.5 Å². The summed E-state index contributed by atoms with van der Waals surface area (Å²) < 4.78 is 0. The van der Waals surface area contributed by atoms with E-state index in [-0.39, 0.29) is 42.5 Å². The number of aryl methyl sites for hydroxylation is 2. The molecule has 1 radical (unpaired) electrons. The molecule has 4 aromatic rings. The van der Waals surface area contributed by atoms with Crippen molar-refractivity contribution in [2.45, 2.75) is 100 Å². The number of carbonyl (C=O) groups excluding carboxylic acids is 1. The number of ketones is 1. The fourth-order valence-electron chi connectivity index (χ4n) is 5.18. The summed E-state index contributed by atoms with van der Waals surface area (Å²) in [6.45, 7) is 22.3. The van der Waals surface area contributed by atoms with Crippen molar-refractivity contribution in [3.8, 4) is 22.4 Å². The molecular weight excluding hydrogens is 733 g/mol. The number of aliphatic hydroxyl groups excluding tert-OH is 1. The van der Waals surface area contributed by atoms with Gasteiger partial charge >= 0.3 is 0 Å². The monoisotopic (exact) mass is 782 g/mol. The van der Waals surface area contributed by atoms with Crippen LogP contribution >= 0.6 is 0 Å². The van der Waals surface area contributed by atoms with Crippen molar-refractivity contribution < 1.29 is 30.0 Å². The van der Waals surface area contributed by atoms with Crippen LogP contribution in [0, 0.1) is 16.9 Å². The van der Waals surface area contributed by atoms with Crippen molar-refractivity contribution in [1.82, 2.24) is 9.97 Å². The van der Waals surface area contributed by atoms with Crippen molar-refractivity contribution in [2.75, 3.05) is 0 Å². The number of fused-ring (bicyclic) bond motifs is 4. The van der Waals surface area contributed by atoms with Gasteiger partial charge in [-0.05, 0) is 46.9 Å². The van der Waals surface area contributed by atoms with E-state index in [0.717, 1.165) is 29.5 Å². The van der Waals surface area contributed by atoms with Crippen LogP contribution in [0.4, 0.5) is 0 Å². The van der Waals surface area contributed by atoms with Gasteiger partial charge in [0.2, 0.25) is 0 Å². The maximum absolute atomic E-state index is 11.5. The van der Waals surface area contributed by atoms with Crippen LogP contribution in [0.25, 0.3) is 33.2 Å². The Morgan fingerprint density at radius 3 is 2.09 bits per heavy atom. The summed E-state index contributed by atoms with van der Waals surface area (Å²) in [4.78, 5) is 21.1. The number of hydrogen-bond acceptors (Lipinski definition) is 4. The molecule has 1 aliphatic rings. The van der Waals surface area contributed by atoms with E-state index < -0.39 is 5.41 Å². The largest absolute Gasteiger partial charge is 0.512 e. The van der Waals surface area contributed by atoms with Crippen LogP contribution in [0.15, 0.2) is 66.7 Å². The second-order valence-electron chi connectivity index (χ2n) is 15.4. The Morgan fingerprint density at radius 1 is 0.844 bits per heavy atom. The first kappa shape index (κ1) is 36.3. The second-order valence-corrected chi connectivity index (χ2v) is 15.4. The number of aliphatic hydroxyl groups is 1. The second kappa shape index (κ2) is 13.7. The summed E-state index contributed by atoms with van der Waals surface area (Å²) in [6, 6.07) is 19.0. The van der Waals surface area contributed by atoms with Gasteiger partial charge in [-0.15, -0.1) is 29.1 Å². The van der Waals surface area contributed by atoms with Gasteiger partial charge in [0, 0.05) is 66.4 Å². The normalized spacial score (nSPS) is 13.4. The molecular formula is C40H49IrN2O2-. The van der Waals surface area contributed by atoms with Crippen molar-refractivity contribution >= 4 is 16.6 Å². The summed E-state index contributed by atoms with van der Waals surface area (Å²) in [5.41, 5.74) is 9.07. The standard InChI is InChI=1S/C29H29N2.C11H20O2.Ir/c1-18(2)27-14-20-10-11-21-16-30-28(15-24(21)25(20)17-31-27)22-12-19-8-6-7-9-23(19)26(13-22)29(3,4)5;1-10(2,3)8(12)7-9(13)11(4,5)6;/h6-9,13-18H,10-11H2,1-5H3;7,12H,1-6H3;/q-1;;/b;8-7-;. The van der Waals surface area contributed by atoms with E-state index in [9.17, 15) is 9.90 Å². The fourth-order valence-corrected chi connectivity index (χ4v) is 5.18. The van der Waals surface area contributed by atoms with Crippen LogP contribution in [0.5, 0.6) is 0 Å². The molecule has 0 bridgehead atoms. The summed E-state index contributed by atoms with van der Waals surface area (Å²) in [6.07, 6.45) is 7.55. The topological polar surface area (TPSA) is 63.1 Å². The third kappa shape index (κ3) is 8.57. The number of nitrogens with zero attached hydrogens (tertiary/aromatic N) is 2. The number of hydrogen-bond donors (Lipinski definition) is 1. The molecule has 0 saturated heterocycles. The SMILES string of the molecule is CC(C)(C)C(=O)/C=C(\O)C(C)(C)C.CC(C)c1cc2c(cn1)-c1cc(-c3[c-]c4ccccc4c(C(C)(C)C)c3)ncc1CC2.[Ir]. The molecule has 5 heteroatoms. The average molecular weight is 782 g/mol. The van der Waals surface area contributed by atoms with E-state index in [1.807, 2.05) is 41.5 Å². The number of benzene rings is 2. The van der Waals surface area contributed by atoms with E-state index in [1.165, 1.54) is 45.0 Å². The van der Waals surface area contributed by atoms with Crippen LogP contribution in [-0.2, 0) is 43.2 Å². The zero-order chi connectivity index (χ0) is 32.6. The predicted octanol–water partition coefficient (Wildman–Crippen LogP) is 10.4. The first-order valence-electron chi connectivity index (χ1n) is 15.8. The summed E-state index contributed by atoms with van der Waals surface area (Å²) >= 11 is 0. The molecule has 0 aliphatic heterocycles. The maximum atomic E-state index is 11.5. The number of rotatable bonds is 3. The van der Waals surface area contributed by atoms with Gasteiger partial charge in [0.05, 0.1) is 0 Å². The quantitative estimate of drug-likeness (QED) is 0.128. The molecule has 0 unspecified atom stereocenters. The molecule has 0 spiro atoms. The molecule has 4 nitrogen and oxygen atoms in total. The summed E-state index contributed by atoms with van der Waals surface area (Å²) in [7, 11) is 0. The van der Waals surface area contributed by atoms with Crippen molar-refractivity contribution in [3.63, 3.8) is 0 Å². The van der Waals surface area contributed by atoms with Crippen LogP contribution < -0.4 is 0 Å². The van der Waals surface area contributed by atoms with Crippen molar-refractivity contribution in [1.29, 1.82) is 0 Å². The number of allylic oxidation sites excluding steroid dienone is 2. The zero-order valence-electron chi connectivity index (χ0n) is 28.8. The van der Waals surface area contributed by atoms with Crippen LogP contribution in [0.1, 0.15) is 104 Å². The van der Waals surface area contributed by atoms with Crippen LogP contribution in [0.2, 0.25) is 0 Å². The summed E-state index contributed by atoms with van der Waals surface area (Å²) in [5.74, 6) is 0.551. The fraction of sp³-hybridized carbons (Fsp3) is 0.425. The minimum atomic E-state index is -0.417. The zero-order valence-corrected chi connectivity index (χ0v) is 31.2. The first-order valence-corrected chi connectivity index (χ1v) is 15.8. The molecule has 45 heavy (non-hydrogen) atoms. The molecule has 2 aromatic heterocycles.